The molecule has 0 saturated carbocycles. The normalized spacial score (nSPS) is 13.0. The third kappa shape index (κ3) is 5.85. The fourth-order valence-corrected chi connectivity index (χ4v) is 4.38. The van der Waals surface area contributed by atoms with Crippen LogP contribution in [-0.2, 0) is 20.0 Å². The third-order valence-electron chi connectivity index (χ3n) is 2.82. The van der Waals surface area contributed by atoms with E-state index in [4.69, 9.17) is 11.6 Å². The van der Waals surface area contributed by atoms with E-state index in [-0.39, 0.29) is 28.9 Å². The number of benzene rings is 1. The number of hydrogen-bond acceptors (Lipinski definition) is 4. The monoisotopic (exact) mass is 368 g/mol. The molecule has 0 aromatic heterocycles. The van der Waals surface area contributed by atoms with E-state index in [2.05, 4.69) is 4.72 Å². The van der Waals surface area contributed by atoms with Gasteiger partial charge in [0.25, 0.3) is 0 Å². The molecule has 0 bridgehead atoms. The molecule has 1 aromatic carbocycles. The van der Waals surface area contributed by atoms with Crippen molar-refractivity contribution >= 4 is 31.6 Å². The highest BCUT2D eigenvalue weighted by Crippen LogP contribution is 2.19. The van der Waals surface area contributed by atoms with Crippen molar-refractivity contribution in [3.8, 4) is 0 Å². The van der Waals surface area contributed by atoms with Gasteiger partial charge >= 0.3 is 0 Å². The molecule has 1 N–H and O–H groups in total. The minimum Gasteiger partial charge on any atom is -0.213 e. The summed E-state index contributed by atoms with van der Waals surface area (Å²) in [6, 6.07) is 6.09. The summed E-state index contributed by atoms with van der Waals surface area (Å²) in [5, 5.41) is 0.122. The molecule has 0 fully saturated rings. The van der Waals surface area contributed by atoms with E-state index in [9.17, 15) is 16.8 Å². The van der Waals surface area contributed by atoms with Crippen molar-refractivity contribution in [2.75, 3.05) is 25.9 Å². The number of halogens is 1. The summed E-state index contributed by atoms with van der Waals surface area (Å²) in [7, 11) is -7.14. The Morgan fingerprint density at radius 3 is 2.27 bits per heavy atom. The molecule has 0 saturated heterocycles. The molecule has 0 aliphatic carbocycles. The van der Waals surface area contributed by atoms with E-state index < -0.39 is 20.0 Å². The maximum absolute atomic E-state index is 12.1. The van der Waals surface area contributed by atoms with Crippen LogP contribution in [-0.4, -0.2) is 47.0 Å². The van der Waals surface area contributed by atoms with E-state index in [1.165, 1.54) is 16.4 Å². The van der Waals surface area contributed by atoms with Gasteiger partial charge in [-0.25, -0.2) is 25.9 Å². The van der Waals surface area contributed by atoms with Crippen molar-refractivity contribution in [3.05, 3.63) is 29.3 Å². The molecule has 0 aliphatic rings. The zero-order chi connectivity index (χ0) is 17.0. The van der Waals surface area contributed by atoms with Crippen LogP contribution in [0.5, 0.6) is 0 Å². The van der Waals surface area contributed by atoms with Gasteiger partial charge < -0.3 is 0 Å². The Morgan fingerprint density at radius 2 is 1.77 bits per heavy atom. The smallest absolute Gasteiger partial charge is 0.213 e. The topological polar surface area (TPSA) is 83.6 Å². The van der Waals surface area contributed by atoms with Crippen molar-refractivity contribution in [1.29, 1.82) is 0 Å². The maximum atomic E-state index is 12.1. The van der Waals surface area contributed by atoms with Gasteiger partial charge in [0.15, 0.2) is 0 Å². The van der Waals surface area contributed by atoms with Gasteiger partial charge in [0.05, 0.1) is 11.3 Å². The molecule has 0 unspecified atom stereocenters. The minimum absolute atomic E-state index is 0.0205. The Balaban J connectivity index is 2.75. The van der Waals surface area contributed by atoms with Crippen LogP contribution in [0.4, 0.5) is 0 Å². The van der Waals surface area contributed by atoms with Gasteiger partial charge in [-0.2, -0.15) is 0 Å². The zero-order valence-electron chi connectivity index (χ0n) is 12.8. The molecule has 9 heteroatoms. The van der Waals surface area contributed by atoms with E-state index in [1.54, 1.807) is 12.1 Å². The van der Waals surface area contributed by atoms with Gasteiger partial charge in [0.1, 0.15) is 4.90 Å². The summed E-state index contributed by atoms with van der Waals surface area (Å²) in [4.78, 5) is -0.0218. The van der Waals surface area contributed by atoms with Gasteiger partial charge in [-0.05, 0) is 18.1 Å². The number of nitrogens with one attached hydrogen (secondary N) is 1. The summed E-state index contributed by atoms with van der Waals surface area (Å²) in [5.74, 6) is 0.148. The lowest BCUT2D eigenvalue weighted by Gasteiger charge is -2.22. The fourth-order valence-electron chi connectivity index (χ4n) is 1.84. The van der Waals surface area contributed by atoms with Crippen LogP contribution in [0, 0.1) is 5.92 Å². The largest absolute Gasteiger partial charge is 0.242 e. The fraction of sp³-hybridized carbons (Fsp3) is 0.538. The molecular weight excluding hydrogens is 348 g/mol. The second kappa shape index (κ2) is 7.74. The molecule has 22 heavy (non-hydrogen) atoms. The van der Waals surface area contributed by atoms with Crippen molar-refractivity contribution in [2.45, 2.75) is 18.7 Å². The molecule has 0 atom stereocenters. The highest BCUT2D eigenvalue weighted by Gasteiger charge is 2.20. The van der Waals surface area contributed by atoms with E-state index in [0.29, 0.717) is 6.54 Å². The van der Waals surface area contributed by atoms with Crippen molar-refractivity contribution in [1.82, 2.24) is 9.03 Å². The second-order valence-corrected chi connectivity index (χ2v) is 9.47. The number of hydrogen-bond donors (Lipinski definition) is 1. The van der Waals surface area contributed by atoms with Gasteiger partial charge in [0.2, 0.25) is 20.0 Å². The molecule has 0 radical (unpaired) electrons. The summed E-state index contributed by atoms with van der Waals surface area (Å²) >= 11 is 5.87. The summed E-state index contributed by atoms with van der Waals surface area (Å²) < 4.78 is 51.3. The average molecular weight is 369 g/mol. The van der Waals surface area contributed by atoms with Crippen molar-refractivity contribution < 1.29 is 16.8 Å². The Labute approximate surface area is 137 Å². The Kier molecular flexibility index (Phi) is 6.82. The number of rotatable bonds is 8. The lowest BCUT2D eigenvalue weighted by Crippen LogP contribution is -2.39. The minimum atomic E-state index is -3.76. The van der Waals surface area contributed by atoms with Gasteiger partial charge in [-0.3, -0.25) is 0 Å². The van der Waals surface area contributed by atoms with Gasteiger partial charge in [-0.1, -0.05) is 37.6 Å². The molecule has 0 heterocycles. The van der Waals surface area contributed by atoms with Gasteiger partial charge in [-0.15, -0.1) is 0 Å². The molecule has 126 valence electrons. The first-order valence-electron chi connectivity index (χ1n) is 6.73. The predicted molar refractivity (Wildman–Crippen MR) is 87.9 cm³/mol. The van der Waals surface area contributed by atoms with E-state index in [1.807, 2.05) is 13.8 Å². The third-order valence-corrected chi connectivity index (χ3v) is 6.05. The lowest BCUT2D eigenvalue weighted by molar-refractivity contribution is 0.372. The first-order valence-corrected chi connectivity index (χ1v) is 10.4. The Bertz CT molecular complexity index is 703. The van der Waals surface area contributed by atoms with Crippen LogP contribution < -0.4 is 4.72 Å². The number of nitrogens with zero attached hydrogens (tertiary/aromatic N) is 1. The molecular formula is C13H21ClN2O4S2. The molecule has 0 spiro atoms. The summed E-state index contributed by atoms with van der Waals surface area (Å²) in [6.45, 7) is 4.18. The number of sulfonamides is 2. The van der Waals surface area contributed by atoms with Crippen molar-refractivity contribution in [3.63, 3.8) is 0 Å². The average Bonchev–Trinajstić information content (AvgIpc) is 2.36. The Hall–Kier alpha value is -0.670. The highest BCUT2D eigenvalue weighted by molar-refractivity contribution is 7.89. The van der Waals surface area contributed by atoms with E-state index in [0.717, 1.165) is 6.26 Å². The van der Waals surface area contributed by atoms with Gasteiger partial charge in [0, 0.05) is 19.6 Å². The molecule has 0 aliphatic heterocycles. The lowest BCUT2D eigenvalue weighted by atomic mass is 10.2. The molecule has 6 nitrogen and oxygen atoms in total. The van der Waals surface area contributed by atoms with E-state index >= 15 is 0 Å². The quantitative estimate of drug-likeness (QED) is 0.754. The second-order valence-electron chi connectivity index (χ2n) is 5.34. The van der Waals surface area contributed by atoms with Crippen LogP contribution in [0.1, 0.15) is 13.8 Å². The molecule has 1 aromatic rings. The SMILES string of the molecule is CC(C)CN(CCNS(=O)(=O)c1ccccc1Cl)S(C)(=O)=O. The van der Waals surface area contributed by atoms with Crippen molar-refractivity contribution in [2.24, 2.45) is 5.92 Å². The molecule has 1 rings (SSSR count). The summed E-state index contributed by atoms with van der Waals surface area (Å²) in [6.07, 6.45) is 1.11. The first kappa shape index (κ1) is 19.4. The predicted octanol–water partition coefficient (Wildman–Crippen LogP) is 1.54. The van der Waals surface area contributed by atoms with Crippen LogP contribution in [0.25, 0.3) is 0 Å². The van der Waals surface area contributed by atoms with Crippen LogP contribution >= 0.6 is 11.6 Å². The standard InChI is InChI=1S/C13H21ClN2O4S2/c1-11(2)10-16(21(3,17)18)9-8-15-22(19,20)13-7-5-4-6-12(13)14/h4-7,11,15H,8-10H2,1-3H3. The van der Waals surface area contributed by atoms with Crippen LogP contribution in [0.2, 0.25) is 5.02 Å². The molecule has 0 amide bonds. The maximum Gasteiger partial charge on any atom is 0.242 e. The first-order chi connectivity index (χ1) is 10.0. The van der Waals surface area contributed by atoms with Crippen LogP contribution in [0.15, 0.2) is 29.2 Å². The summed E-state index contributed by atoms with van der Waals surface area (Å²) in [5.41, 5.74) is 0. The highest BCUT2D eigenvalue weighted by atomic mass is 35.5. The van der Waals surface area contributed by atoms with Crippen LogP contribution in [0.3, 0.4) is 0 Å². The zero-order valence-corrected chi connectivity index (χ0v) is 15.2. The Morgan fingerprint density at radius 1 is 1.18 bits per heavy atom.